The highest BCUT2D eigenvalue weighted by Gasteiger charge is 2.26. The van der Waals surface area contributed by atoms with Crippen LogP contribution in [-0.4, -0.2) is 40.6 Å². The van der Waals surface area contributed by atoms with E-state index in [2.05, 4.69) is 22.4 Å². The standard InChI is InChI=1S/C10H16N4OS/c1-3-11-10-13-12-8(16-10)9(15)14-5-4-7(2)6-14/h7H,3-6H2,1-2H3,(H,11,13). The van der Waals surface area contributed by atoms with Gasteiger partial charge in [0.25, 0.3) is 5.91 Å². The maximum Gasteiger partial charge on any atom is 0.284 e. The van der Waals surface area contributed by atoms with Crippen LogP contribution in [0.1, 0.15) is 30.1 Å². The molecule has 1 fully saturated rings. The van der Waals surface area contributed by atoms with Crippen molar-refractivity contribution in [2.24, 2.45) is 5.92 Å². The zero-order chi connectivity index (χ0) is 11.5. The highest BCUT2D eigenvalue weighted by atomic mass is 32.1. The molecule has 1 saturated heterocycles. The third-order valence-electron chi connectivity index (χ3n) is 2.65. The van der Waals surface area contributed by atoms with Crippen molar-refractivity contribution in [3.63, 3.8) is 0 Å². The number of likely N-dealkylation sites (tertiary alicyclic amines) is 1. The molecule has 6 heteroatoms. The van der Waals surface area contributed by atoms with Gasteiger partial charge in [-0.2, -0.15) is 0 Å². The van der Waals surface area contributed by atoms with Gasteiger partial charge in [0.15, 0.2) is 0 Å². The number of nitrogens with zero attached hydrogens (tertiary/aromatic N) is 3. The molecule has 2 rings (SSSR count). The number of aromatic nitrogens is 2. The van der Waals surface area contributed by atoms with Crippen LogP contribution in [0.3, 0.4) is 0 Å². The smallest absolute Gasteiger partial charge is 0.284 e. The minimum atomic E-state index is 0.0194. The van der Waals surface area contributed by atoms with Crippen molar-refractivity contribution in [1.82, 2.24) is 15.1 Å². The molecule has 5 nitrogen and oxygen atoms in total. The average molecular weight is 240 g/mol. The van der Waals surface area contributed by atoms with Gasteiger partial charge >= 0.3 is 0 Å². The quantitative estimate of drug-likeness (QED) is 0.869. The molecule has 88 valence electrons. The van der Waals surface area contributed by atoms with Gasteiger partial charge in [0.2, 0.25) is 10.1 Å². The van der Waals surface area contributed by atoms with Crippen LogP contribution in [-0.2, 0) is 0 Å². The fourth-order valence-corrected chi connectivity index (χ4v) is 2.57. The number of anilines is 1. The number of hydrogen-bond acceptors (Lipinski definition) is 5. The minimum absolute atomic E-state index is 0.0194. The summed E-state index contributed by atoms with van der Waals surface area (Å²) in [5.41, 5.74) is 0. The number of amides is 1. The molecular formula is C10H16N4OS. The highest BCUT2D eigenvalue weighted by molar-refractivity contribution is 7.17. The molecular weight excluding hydrogens is 224 g/mol. The number of hydrogen-bond donors (Lipinski definition) is 1. The first-order valence-electron chi connectivity index (χ1n) is 5.57. The highest BCUT2D eigenvalue weighted by Crippen LogP contribution is 2.21. The van der Waals surface area contributed by atoms with Crippen LogP contribution in [0.2, 0.25) is 0 Å². The van der Waals surface area contributed by atoms with Crippen molar-refractivity contribution in [3.05, 3.63) is 5.01 Å². The Labute approximate surface area is 98.9 Å². The van der Waals surface area contributed by atoms with E-state index in [9.17, 15) is 4.79 Å². The Kier molecular flexibility index (Phi) is 3.38. The zero-order valence-electron chi connectivity index (χ0n) is 9.56. The molecule has 1 aromatic rings. The molecule has 0 aliphatic carbocycles. The average Bonchev–Trinajstić information content (AvgIpc) is 2.87. The third-order valence-corrected chi connectivity index (χ3v) is 3.52. The largest absolute Gasteiger partial charge is 0.360 e. The molecule has 2 heterocycles. The summed E-state index contributed by atoms with van der Waals surface area (Å²) in [7, 11) is 0. The Balaban J connectivity index is 2.03. The lowest BCUT2D eigenvalue weighted by Crippen LogP contribution is -2.28. The lowest BCUT2D eigenvalue weighted by molar-refractivity contribution is 0.0787. The van der Waals surface area contributed by atoms with Crippen LogP contribution in [0.4, 0.5) is 5.13 Å². The second-order valence-electron chi connectivity index (χ2n) is 4.09. The van der Waals surface area contributed by atoms with Gasteiger partial charge in [0, 0.05) is 19.6 Å². The summed E-state index contributed by atoms with van der Waals surface area (Å²) in [5, 5.41) is 12.1. The second-order valence-corrected chi connectivity index (χ2v) is 5.07. The number of carbonyl (C=O) groups excluding carboxylic acids is 1. The molecule has 1 N–H and O–H groups in total. The molecule has 1 atom stereocenters. The van der Waals surface area contributed by atoms with Crippen LogP contribution in [0.25, 0.3) is 0 Å². The summed E-state index contributed by atoms with van der Waals surface area (Å²) in [6.07, 6.45) is 1.09. The van der Waals surface area contributed by atoms with Crippen molar-refractivity contribution in [1.29, 1.82) is 0 Å². The molecule has 0 bridgehead atoms. The molecule has 1 aliphatic heterocycles. The van der Waals surface area contributed by atoms with Crippen molar-refractivity contribution in [2.45, 2.75) is 20.3 Å². The van der Waals surface area contributed by atoms with E-state index < -0.39 is 0 Å². The maximum atomic E-state index is 12.0. The van der Waals surface area contributed by atoms with Gasteiger partial charge in [-0.15, -0.1) is 10.2 Å². The van der Waals surface area contributed by atoms with Crippen molar-refractivity contribution >= 4 is 22.4 Å². The Bertz CT molecular complexity index is 379. The Morgan fingerprint density at radius 2 is 2.44 bits per heavy atom. The van der Waals surface area contributed by atoms with E-state index in [1.54, 1.807) is 0 Å². The fourth-order valence-electron chi connectivity index (χ4n) is 1.79. The maximum absolute atomic E-state index is 12.0. The normalized spacial score (nSPS) is 20.1. The van der Waals surface area contributed by atoms with Crippen molar-refractivity contribution in [3.8, 4) is 0 Å². The predicted molar refractivity (Wildman–Crippen MR) is 63.8 cm³/mol. The van der Waals surface area contributed by atoms with Crippen LogP contribution < -0.4 is 5.32 Å². The Hall–Kier alpha value is -1.17. The topological polar surface area (TPSA) is 58.1 Å². The van der Waals surface area contributed by atoms with Gasteiger partial charge in [-0.1, -0.05) is 18.3 Å². The fraction of sp³-hybridized carbons (Fsp3) is 0.700. The number of rotatable bonds is 3. The van der Waals surface area contributed by atoms with E-state index in [1.165, 1.54) is 11.3 Å². The minimum Gasteiger partial charge on any atom is -0.360 e. The molecule has 0 saturated carbocycles. The third kappa shape index (κ3) is 2.32. The second kappa shape index (κ2) is 4.78. The van der Waals surface area contributed by atoms with E-state index in [-0.39, 0.29) is 5.91 Å². The van der Waals surface area contributed by atoms with E-state index in [0.717, 1.165) is 31.2 Å². The van der Waals surface area contributed by atoms with E-state index in [4.69, 9.17) is 0 Å². The molecule has 0 radical (unpaired) electrons. The van der Waals surface area contributed by atoms with E-state index in [0.29, 0.717) is 10.9 Å². The van der Waals surface area contributed by atoms with Gasteiger partial charge in [0.05, 0.1) is 0 Å². The molecule has 0 aromatic carbocycles. The number of carbonyl (C=O) groups is 1. The first-order chi connectivity index (χ1) is 7.70. The first kappa shape index (κ1) is 11.3. The van der Waals surface area contributed by atoms with Crippen molar-refractivity contribution in [2.75, 3.05) is 25.0 Å². The summed E-state index contributed by atoms with van der Waals surface area (Å²) in [6, 6.07) is 0. The van der Waals surface area contributed by atoms with Crippen LogP contribution >= 0.6 is 11.3 Å². The summed E-state index contributed by atoms with van der Waals surface area (Å²) >= 11 is 1.33. The van der Waals surface area contributed by atoms with Gasteiger partial charge in [-0.25, -0.2) is 0 Å². The van der Waals surface area contributed by atoms with E-state index in [1.807, 2.05) is 11.8 Å². The Morgan fingerprint density at radius 1 is 1.62 bits per heavy atom. The summed E-state index contributed by atoms with van der Waals surface area (Å²) in [6.45, 7) is 6.64. The van der Waals surface area contributed by atoms with Gasteiger partial charge in [-0.05, 0) is 19.3 Å². The predicted octanol–water partition coefficient (Wildman–Crippen LogP) is 1.45. The van der Waals surface area contributed by atoms with Crippen molar-refractivity contribution < 1.29 is 4.79 Å². The lowest BCUT2D eigenvalue weighted by Gasteiger charge is -2.12. The molecule has 16 heavy (non-hydrogen) atoms. The summed E-state index contributed by atoms with van der Waals surface area (Å²) in [4.78, 5) is 13.9. The van der Waals surface area contributed by atoms with Crippen LogP contribution in [0.15, 0.2) is 0 Å². The summed E-state index contributed by atoms with van der Waals surface area (Å²) in [5.74, 6) is 0.621. The molecule has 0 spiro atoms. The SMILES string of the molecule is CCNc1nnc(C(=O)N2CCC(C)C2)s1. The van der Waals surface area contributed by atoms with Crippen LogP contribution in [0, 0.1) is 5.92 Å². The Morgan fingerprint density at radius 3 is 3.06 bits per heavy atom. The first-order valence-corrected chi connectivity index (χ1v) is 6.39. The van der Waals surface area contributed by atoms with Gasteiger partial charge < -0.3 is 10.2 Å². The molecule has 1 aromatic heterocycles. The van der Waals surface area contributed by atoms with E-state index >= 15 is 0 Å². The molecule has 1 aliphatic rings. The van der Waals surface area contributed by atoms with Gasteiger partial charge in [0.1, 0.15) is 0 Å². The number of nitrogens with one attached hydrogen (secondary N) is 1. The monoisotopic (exact) mass is 240 g/mol. The molecule has 1 amide bonds. The summed E-state index contributed by atoms with van der Waals surface area (Å²) < 4.78 is 0. The van der Waals surface area contributed by atoms with Gasteiger partial charge in [-0.3, -0.25) is 4.79 Å². The van der Waals surface area contributed by atoms with Crippen LogP contribution in [0.5, 0.6) is 0 Å². The lowest BCUT2D eigenvalue weighted by atomic mass is 10.2. The molecule has 1 unspecified atom stereocenters. The zero-order valence-corrected chi connectivity index (χ0v) is 10.4.